The number of hydrogen-bond acceptors (Lipinski definition) is 6. The third-order valence-electron chi connectivity index (χ3n) is 5.02. The first-order chi connectivity index (χ1) is 14.5. The van der Waals surface area contributed by atoms with Crippen LogP contribution in [0, 0.1) is 6.92 Å². The SMILES string of the molecule is Cc1c(-c2ccnc(N)n2)sc2ccc(Cc3cccc(OCCN(C)C)c3)cc12. The van der Waals surface area contributed by atoms with Crippen LogP contribution in [0.15, 0.2) is 54.7 Å². The number of anilines is 1. The molecule has 5 nitrogen and oxygen atoms in total. The molecule has 2 aromatic carbocycles. The van der Waals surface area contributed by atoms with Crippen molar-refractivity contribution in [2.75, 3.05) is 33.0 Å². The fourth-order valence-electron chi connectivity index (χ4n) is 3.45. The predicted octanol–water partition coefficient (Wildman–Crippen LogP) is 4.78. The minimum absolute atomic E-state index is 0.303. The van der Waals surface area contributed by atoms with Gasteiger partial charge in [0.2, 0.25) is 5.95 Å². The van der Waals surface area contributed by atoms with Gasteiger partial charge in [0.15, 0.2) is 0 Å². The van der Waals surface area contributed by atoms with E-state index in [2.05, 4.69) is 58.2 Å². The Kier molecular flexibility index (Phi) is 5.97. The molecule has 2 N–H and O–H groups in total. The van der Waals surface area contributed by atoms with Gasteiger partial charge in [-0.3, -0.25) is 0 Å². The van der Waals surface area contributed by atoms with Crippen LogP contribution in [-0.4, -0.2) is 42.1 Å². The van der Waals surface area contributed by atoms with E-state index in [1.54, 1.807) is 17.5 Å². The number of likely N-dealkylation sites (N-methyl/N-ethyl adjacent to an activating group) is 1. The molecule has 30 heavy (non-hydrogen) atoms. The maximum Gasteiger partial charge on any atom is 0.220 e. The van der Waals surface area contributed by atoms with Crippen molar-refractivity contribution in [3.05, 3.63) is 71.4 Å². The molecule has 0 atom stereocenters. The zero-order valence-electron chi connectivity index (χ0n) is 17.6. The first-order valence-corrected chi connectivity index (χ1v) is 10.8. The summed E-state index contributed by atoms with van der Waals surface area (Å²) in [5.74, 6) is 1.23. The van der Waals surface area contributed by atoms with Crippen molar-refractivity contribution in [2.24, 2.45) is 0 Å². The monoisotopic (exact) mass is 418 g/mol. The second-order valence-electron chi connectivity index (χ2n) is 7.66. The summed E-state index contributed by atoms with van der Waals surface area (Å²) in [6.45, 7) is 3.74. The number of ether oxygens (including phenoxy) is 1. The minimum Gasteiger partial charge on any atom is -0.492 e. The van der Waals surface area contributed by atoms with Crippen molar-refractivity contribution < 1.29 is 4.74 Å². The van der Waals surface area contributed by atoms with Crippen molar-refractivity contribution in [1.29, 1.82) is 0 Å². The first-order valence-electron chi connectivity index (χ1n) is 9.97. The molecule has 4 rings (SSSR count). The lowest BCUT2D eigenvalue weighted by Crippen LogP contribution is -2.19. The highest BCUT2D eigenvalue weighted by Crippen LogP contribution is 2.38. The number of aryl methyl sites for hydroxylation is 1. The lowest BCUT2D eigenvalue weighted by atomic mass is 10.0. The molecule has 0 saturated heterocycles. The topological polar surface area (TPSA) is 64.3 Å². The van der Waals surface area contributed by atoms with Gasteiger partial charge in [0.1, 0.15) is 12.4 Å². The second kappa shape index (κ2) is 8.81. The van der Waals surface area contributed by atoms with Gasteiger partial charge in [-0.05, 0) is 79.8 Å². The summed E-state index contributed by atoms with van der Waals surface area (Å²) in [6, 6.07) is 17.0. The highest BCUT2D eigenvalue weighted by Gasteiger charge is 2.13. The van der Waals surface area contributed by atoms with E-state index in [4.69, 9.17) is 10.5 Å². The van der Waals surface area contributed by atoms with Crippen molar-refractivity contribution in [2.45, 2.75) is 13.3 Å². The van der Waals surface area contributed by atoms with E-state index in [1.165, 1.54) is 26.8 Å². The van der Waals surface area contributed by atoms with E-state index >= 15 is 0 Å². The molecule has 2 heterocycles. The van der Waals surface area contributed by atoms with Gasteiger partial charge in [-0.25, -0.2) is 9.97 Å². The van der Waals surface area contributed by atoms with Gasteiger partial charge < -0.3 is 15.4 Å². The Labute approximate surface area is 181 Å². The van der Waals surface area contributed by atoms with Gasteiger partial charge in [0, 0.05) is 17.4 Å². The van der Waals surface area contributed by atoms with Crippen LogP contribution >= 0.6 is 11.3 Å². The highest BCUT2D eigenvalue weighted by atomic mass is 32.1. The molecule has 0 spiro atoms. The molecular formula is C24H26N4OS. The molecule has 154 valence electrons. The molecular weight excluding hydrogens is 392 g/mol. The van der Waals surface area contributed by atoms with Gasteiger partial charge >= 0.3 is 0 Å². The number of thiophene rings is 1. The molecule has 0 aliphatic carbocycles. The molecule has 0 fully saturated rings. The van der Waals surface area contributed by atoms with Crippen molar-refractivity contribution >= 4 is 27.4 Å². The van der Waals surface area contributed by atoms with E-state index in [9.17, 15) is 0 Å². The van der Waals surface area contributed by atoms with E-state index in [0.29, 0.717) is 12.6 Å². The Morgan fingerprint density at radius 3 is 2.70 bits per heavy atom. The van der Waals surface area contributed by atoms with E-state index in [-0.39, 0.29) is 0 Å². The summed E-state index contributed by atoms with van der Waals surface area (Å²) < 4.78 is 7.14. The molecule has 0 aliphatic heterocycles. The maximum absolute atomic E-state index is 5.88. The Bertz CT molecular complexity index is 1170. The molecule has 0 aliphatic rings. The summed E-state index contributed by atoms with van der Waals surface area (Å²) in [4.78, 5) is 11.7. The number of nitrogens with two attached hydrogens (primary N) is 1. The largest absolute Gasteiger partial charge is 0.492 e. The highest BCUT2D eigenvalue weighted by molar-refractivity contribution is 7.22. The summed E-state index contributed by atoms with van der Waals surface area (Å²) in [6.07, 6.45) is 2.58. The van der Waals surface area contributed by atoms with Gasteiger partial charge in [0.25, 0.3) is 0 Å². The van der Waals surface area contributed by atoms with Crippen LogP contribution in [0.3, 0.4) is 0 Å². The minimum atomic E-state index is 0.303. The van der Waals surface area contributed by atoms with E-state index in [0.717, 1.165) is 29.3 Å². The second-order valence-corrected chi connectivity index (χ2v) is 8.71. The number of aromatic nitrogens is 2. The number of fused-ring (bicyclic) bond motifs is 1. The molecule has 0 saturated carbocycles. The van der Waals surface area contributed by atoms with Gasteiger partial charge in [-0.15, -0.1) is 11.3 Å². The van der Waals surface area contributed by atoms with Crippen LogP contribution < -0.4 is 10.5 Å². The van der Waals surface area contributed by atoms with Gasteiger partial charge in [0.05, 0.1) is 10.6 Å². The average Bonchev–Trinajstić information content (AvgIpc) is 3.04. The zero-order valence-corrected chi connectivity index (χ0v) is 18.4. The third kappa shape index (κ3) is 4.61. The van der Waals surface area contributed by atoms with E-state index in [1.807, 2.05) is 26.2 Å². The number of nitrogen functional groups attached to an aromatic ring is 1. The summed E-state index contributed by atoms with van der Waals surface area (Å²) in [5, 5.41) is 1.27. The average molecular weight is 419 g/mol. The number of hydrogen-bond donors (Lipinski definition) is 1. The Balaban J connectivity index is 1.56. The van der Waals surface area contributed by atoms with Gasteiger partial charge in [-0.2, -0.15) is 0 Å². The van der Waals surface area contributed by atoms with Crippen LogP contribution in [0.4, 0.5) is 5.95 Å². The fraction of sp³-hybridized carbons (Fsp3) is 0.250. The van der Waals surface area contributed by atoms with Crippen molar-refractivity contribution in [1.82, 2.24) is 14.9 Å². The zero-order chi connectivity index (χ0) is 21.1. The number of nitrogens with zero attached hydrogens (tertiary/aromatic N) is 3. The summed E-state index contributed by atoms with van der Waals surface area (Å²) in [5.41, 5.74) is 10.4. The maximum atomic E-state index is 5.88. The molecule has 2 aromatic heterocycles. The summed E-state index contributed by atoms with van der Waals surface area (Å²) >= 11 is 1.74. The molecule has 4 aromatic rings. The quantitative estimate of drug-likeness (QED) is 0.468. The van der Waals surface area contributed by atoms with Crippen molar-refractivity contribution in [3.63, 3.8) is 0 Å². The molecule has 0 bridgehead atoms. The Morgan fingerprint density at radius 2 is 1.90 bits per heavy atom. The lowest BCUT2D eigenvalue weighted by Gasteiger charge is -2.12. The predicted molar refractivity (Wildman–Crippen MR) is 125 cm³/mol. The lowest BCUT2D eigenvalue weighted by molar-refractivity contribution is 0.261. The van der Waals surface area contributed by atoms with Crippen LogP contribution in [-0.2, 0) is 6.42 Å². The Hall–Kier alpha value is -2.96. The summed E-state index contributed by atoms with van der Waals surface area (Å²) in [7, 11) is 4.10. The van der Waals surface area contributed by atoms with Crippen molar-refractivity contribution in [3.8, 4) is 16.3 Å². The third-order valence-corrected chi connectivity index (χ3v) is 6.32. The number of benzene rings is 2. The first kappa shape index (κ1) is 20.3. The van der Waals surface area contributed by atoms with E-state index < -0.39 is 0 Å². The smallest absolute Gasteiger partial charge is 0.220 e. The van der Waals surface area contributed by atoms with Crippen LogP contribution in [0.1, 0.15) is 16.7 Å². The molecule has 0 radical (unpaired) electrons. The molecule has 0 unspecified atom stereocenters. The molecule has 6 heteroatoms. The van der Waals surface area contributed by atoms with Crippen LogP contribution in [0.5, 0.6) is 5.75 Å². The molecule has 0 amide bonds. The number of rotatable bonds is 7. The van der Waals surface area contributed by atoms with Crippen LogP contribution in [0.2, 0.25) is 0 Å². The Morgan fingerprint density at radius 1 is 1.07 bits per heavy atom. The van der Waals surface area contributed by atoms with Crippen LogP contribution in [0.25, 0.3) is 20.7 Å². The standard InChI is InChI=1S/C24H26N4OS/c1-16-20-15-18(13-17-5-4-6-19(14-17)29-12-11-28(2)3)7-8-22(20)30-23(16)21-9-10-26-24(25)27-21/h4-10,14-15H,11-13H2,1-3H3,(H2,25,26,27). The van der Waals surface area contributed by atoms with Gasteiger partial charge in [-0.1, -0.05) is 18.2 Å². The normalized spacial score (nSPS) is 11.3. The fourth-order valence-corrected chi connectivity index (χ4v) is 4.61.